The predicted octanol–water partition coefficient (Wildman–Crippen LogP) is 4.97. The molecule has 3 aliphatic rings. The maximum atomic E-state index is 9.93. The summed E-state index contributed by atoms with van der Waals surface area (Å²) in [5.41, 5.74) is 8.94. The maximum Gasteiger partial charge on any atom is 0.492 e. The summed E-state index contributed by atoms with van der Waals surface area (Å²) >= 11 is 12.0. The fourth-order valence-electron chi connectivity index (χ4n) is 6.79. The van der Waals surface area contributed by atoms with Crippen LogP contribution in [0.25, 0.3) is 21.9 Å². The van der Waals surface area contributed by atoms with E-state index >= 15 is 0 Å². The standard InChI is InChI=1S/C33H32BN3O4S2/c1-4-5-11-37-32(42)23-8-6-7-22-21(9-10-24(31(22)23)33(37)43)25-12-19-16-35-18-36(27(19)14-29(25)40-2)17-20-13-26(34(38)39)30(41-3)15-28(20)35/h6-10,12-15,38-39H,4-5,11,16-18H2,1-3H3. The molecule has 2 N–H and O–H groups in total. The first-order chi connectivity index (χ1) is 20.8. The molecule has 0 unspecified atom stereocenters. The first-order valence-electron chi connectivity index (χ1n) is 14.5. The van der Waals surface area contributed by atoms with E-state index in [1.165, 1.54) is 5.56 Å². The van der Waals surface area contributed by atoms with Gasteiger partial charge in [-0.3, -0.25) is 0 Å². The molecular formula is C33H32BN3O4S2. The average molecular weight is 610 g/mol. The number of ether oxygens (including phenoxy) is 2. The number of hydrogen-bond donors (Lipinski definition) is 2. The Labute approximate surface area is 262 Å². The molecule has 3 heterocycles. The van der Waals surface area contributed by atoms with E-state index < -0.39 is 7.12 Å². The second-order valence-electron chi connectivity index (χ2n) is 11.3. The van der Waals surface area contributed by atoms with Crippen molar-refractivity contribution in [3.8, 4) is 22.6 Å². The van der Waals surface area contributed by atoms with Crippen LogP contribution in [0.4, 0.5) is 11.4 Å². The van der Waals surface area contributed by atoms with Crippen LogP contribution < -0.4 is 24.7 Å². The molecule has 218 valence electrons. The first kappa shape index (κ1) is 28.1. The van der Waals surface area contributed by atoms with Crippen LogP contribution in [-0.2, 0) is 13.1 Å². The van der Waals surface area contributed by atoms with Gasteiger partial charge < -0.3 is 34.2 Å². The molecular weight excluding hydrogens is 577 g/mol. The molecule has 3 aliphatic heterocycles. The van der Waals surface area contributed by atoms with E-state index in [1.807, 2.05) is 12.1 Å². The van der Waals surface area contributed by atoms with E-state index in [2.05, 4.69) is 64.1 Å². The van der Waals surface area contributed by atoms with Gasteiger partial charge >= 0.3 is 7.12 Å². The van der Waals surface area contributed by atoms with Gasteiger partial charge in [0.1, 0.15) is 21.5 Å². The normalized spacial score (nSPS) is 15.0. The number of fused-ring (bicyclic) bond motifs is 6. The van der Waals surface area contributed by atoms with Crippen molar-refractivity contribution < 1.29 is 19.5 Å². The third-order valence-electron chi connectivity index (χ3n) is 8.87. The van der Waals surface area contributed by atoms with Crippen molar-refractivity contribution in [2.24, 2.45) is 0 Å². The smallest absolute Gasteiger partial charge is 0.492 e. The molecule has 0 spiro atoms. The molecule has 7 nitrogen and oxygen atoms in total. The SMILES string of the molecule is CCCCN1C(=S)c2cccc3c(-c4cc5c(cc4OC)N4Cc6cc(B(O)O)c(OC)cc6N(C5)C4)ccc(c23)C1=S. The van der Waals surface area contributed by atoms with Crippen LogP contribution in [0.2, 0.25) is 0 Å². The first-order valence-corrected chi connectivity index (χ1v) is 15.4. The Balaban J connectivity index is 1.33. The second-order valence-corrected chi connectivity index (χ2v) is 12.1. The van der Waals surface area contributed by atoms with Crippen molar-refractivity contribution in [3.63, 3.8) is 0 Å². The van der Waals surface area contributed by atoms with Crippen molar-refractivity contribution >= 4 is 69.1 Å². The number of unbranched alkanes of at least 4 members (excludes halogenated alkanes) is 1. The van der Waals surface area contributed by atoms with E-state index in [0.717, 1.165) is 91.7 Å². The summed E-state index contributed by atoms with van der Waals surface area (Å²) in [6, 6.07) is 18.8. The molecule has 43 heavy (non-hydrogen) atoms. The third kappa shape index (κ3) is 4.38. The van der Waals surface area contributed by atoms with E-state index in [9.17, 15) is 10.0 Å². The second kappa shape index (κ2) is 10.8. The molecule has 7 rings (SSSR count). The fraction of sp³-hybridized carbons (Fsp3) is 0.273. The summed E-state index contributed by atoms with van der Waals surface area (Å²) in [5.74, 6) is 1.27. The van der Waals surface area contributed by atoms with Crippen molar-refractivity contribution in [1.82, 2.24) is 4.90 Å². The number of methoxy groups -OCH3 is 2. The minimum absolute atomic E-state index is 0.368. The van der Waals surface area contributed by atoms with Gasteiger partial charge in [-0.25, -0.2) is 0 Å². The number of anilines is 2. The maximum absolute atomic E-state index is 9.93. The van der Waals surface area contributed by atoms with E-state index in [1.54, 1.807) is 14.2 Å². The summed E-state index contributed by atoms with van der Waals surface area (Å²) in [5, 5.41) is 22.1. The fourth-order valence-corrected chi connectivity index (χ4v) is 7.55. The van der Waals surface area contributed by atoms with Gasteiger partial charge in [-0.15, -0.1) is 0 Å². The monoisotopic (exact) mass is 609 g/mol. The Morgan fingerprint density at radius 3 is 2.07 bits per heavy atom. The van der Waals surface area contributed by atoms with Gasteiger partial charge in [0.25, 0.3) is 0 Å². The Kier molecular flexibility index (Phi) is 7.05. The lowest BCUT2D eigenvalue weighted by atomic mass is 9.78. The summed E-state index contributed by atoms with van der Waals surface area (Å²) in [7, 11) is 1.66. The van der Waals surface area contributed by atoms with Crippen molar-refractivity contribution in [2.75, 3.05) is 37.2 Å². The highest BCUT2D eigenvalue weighted by Crippen LogP contribution is 2.46. The number of benzene rings is 4. The topological polar surface area (TPSA) is 68.6 Å². The van der Waals surface area contributed by atoms with E-state index in [4.69, 9.17) is 33.9 Å². The lowest BCUT2D eigenvalue weighted by Crippen LogP contribution is -2.47. The number of rotatable bonds is 7. The average Bonchev–Trinajstić information content (AvgIpc) is 3.02. The van der Waals surface area contributed by atoms with Gasteiger partial charge in [0.15, 0.2) is 0 Å². The Hall–Kier alpha value is -3.70. The molecule has 0 aliphatic carbocycles. The highest BCUT2D eigenvalue weighted by Gasteiger charge is 2.34. The van der Waals surface area contributed by atoms with Crippen LogP contribution in [-0.4, -0.2) is 59.5 Å². The van der Waals surface area contributed by atoms with Gasteiger partial charge in [-0.05, 0) is 34.6 Å². The molecule has 0 fully saturated rings. The van der Waals surface area contributed by atoms with Gasteiger partial charge in [0.05, 0.1) is 20.9 Å². The van der Waals surface area contributed by atoms with Crippen molar-refractivity contribution in [1.29, 1.82) is 0 Å². The number of thiocarbonyl (C=S) groups is 2. The zero-order chi connectivity index (χ0) is 30.0. The molecule has 0 amide bonds. The minimum Gasteiger partial charge on any atom is -0.497 e. The van der Waals surface area contributed by atoms with Gasteiger partial charge in [0.2, 0.25) is 0 Å². The van der Waals surface area contributed by atoms with Crippen LogP contribution in [0.1, 0.15) is 42.0 Å². The lowest BCUT2D eigenvalue weighted by Gasteiger charge is -2.45. The summed E-state index contributed by atoms with van der Waals surface area (Å²) in [6.45, 7) is 5.06. The lowest BCUT2D eigenvalue weighted by molar-refractivity contribution is 0.402. The third-order valence-corrected chi connectivity index (χ3v) is 9.75. The van der Waals surface area contributed by atoms with Gasteiger partial charge in [0, 0.05) is 70.7 Å². The highest BCUT2D eigenvalue weighted by molar-refractivity contribution is 7.82. The molecule has 4 aromatic rings. The van der Waals surface area contributed by atoms with Crippen molar-refractivity contribution in [2.45, 2.75) is 32.9 Å². The zero-order valence-corrected chi connectivity index (χ0v) is 26.0. The van der Waals surface area contributed by atoms with Gasteiger partial charge in [-0.2, -0.15) is 0 Å². The molecule has 4 aromatic carbocycles. The Bertz CT molecular complexity index is 1810. The highest BCUT2D eigenvalue weighted by atomic mass is 32.1. The van der Waals surface area contributed by atoms with Crippen LogP contribution in [0.15, 0.2) is 54.6 Å². The molecule has 0 radical (unpaired) electrons. The van der Waals surface area contributed by atoms with Crippen LogP contribution in [0, 0.1) is 0 Å². The van der Waals surface area contributed by atoms with Crippen LogP contribution in [0.3, 0.4) is 0 Å². The summed E-state index contributed by atoms with van der Waals surface area (Å²) < 4.78 is 11.5. The number of nitrogens with zero attached hydrogens (tertiary/aromatic N) is 3. The largest absolute Gasteiger partial charge is 0.497 e. The molecule has 0 saturated heterocycles. The summed E-state index contributed by atoms with van der Waals surface area (Å²) in [4.78, 5) is 8.30. The van der Waals surface area contributed by atoms with E-state index in [-0.39, 0.29) is 0 Å². The molecule has 2 bridgehead atoms. The van der Waals surface area contributed by atoms with Crippen LogP contribution in [0.5, 0.6) is 11.5 Å². The van der Waals surface area contributed by atoms with E-state index in [0.29, 0.717) is 24.3 Å². The predicted molar refractivity (Wildman–Crippen MR) is 181 cm³/mol. The Morgan fingerprint density at radius 1 is 0.791 bits per heavy atom. The molecule has 0 saturated carbocycles. The van der Waals surface area contributed by atoms with Crippen LogP contribution >= 0.6 is 24.4 Å². The Morgan fingerprint density at radius 2 is 1.42 bits per heavy atom. The quantitative estimate of drug-likeness (QED) is 0.223. The number of hydrogen-bond acceptors (Lipinski definition) is 8. The molecule has 0 atom stereocenters. The van der Waals surface area contributed by atoms with Crippen molar-refractivity contribution in [3.05, 3.63) is 76.9 Å². The van der Waals surface area contributed by atoms with Gasteiger partial charge in [-0.1, -0.05) is 74.2 Å². The molecule has 10 heteroatoms. The minimum atomic E-state index is -1.60. The zero-order valence-electron chi connectivity index (χ0n) is 24.4. The molecule has 0 aromatic heterocycles. The summed E-state index contributed by atoms with van der Waals surface area (Å²) in [6.07, 6.45) is 2.11.